The van der Waals surface area contributed by atoms with Crippen LogP contribution in [0.15, 0.2) is 48.5 Å². The Balaban J connectivity index is 2.17. The van der Waals surface area contributed by atoms with E-state index in [1.54, 1.807) is 9.80 Å². The first kappa shape index (κ1) is 14.6. The SMILES string of the molecule is O=CN1Cc2ccccc2CN(C(=O)CCl)c2ccccc21. The van der Waals surface area contributed by atoms with Gasteiger partial charge in [-0.1, -0.05) is 36.4 Å². The van der Waals surface area contributed by atoms with Crippen LogP contribution in [0.1, 0.15) is 11.1 Å². The summed E-state index contributed by atoms with van der Waals surface area (Å²) in [6.45, 7) is 0.936. The van der Waals surface area contributed by atoms with Gasteiger partial charge in [0.25, 0.3) is 0 Å². The summed E-state index contributed by atoms with van der Waals surface area (Å²) in [4.78, 5) is 27.1. The minimum Gasteiger partial charge on any atom is -0.309 e. The Morgan fingerprint density at radius 3 is 2.23 bits per heavy atom. The average molecular weight is 315 g/mol. The Morgan fingerprint density at radius 1 is 1.00 bits per heavy atom. The third-order valence-corrected chi connectivity index (χ3v) is 4.04. The molecule has 0 fully saturated rings. The van der Waals surface area contributed by atoms with Gasteiger partial charge in [0.2, 0.25) is 12.3 Å². The van der Waals surface area contributed by atoms with E-state index in [2.05, 4.69) is 0 Å². The molecule has 0 unspecified atom stereocenters. The third kappa shape index (κ3) is 2.57. The van der Waals surface area contributed by atoms with Gasteiger partial charge in [-0.25, -0.2) is 0 Å². The average Bonchev–Trinajstić information content (AvgIpc) is 2.56. The third-order valence-electron chi connectivity index (χ3n) is 3.81. The summed E-state index contributed by atoms with van der Waals surface area (Å²) in [7, 11) is 0. The van der Waals surface area contributed by atoms with Crippen LogP contribution < -0.4 is 9.80 Å². The zero-order valence-corrected chi connectivity index (χ0v) is 12.7. The zero-order chi connectivity index (χ0) is 15.5. The molecule has 0 saturated heterocycles. The molecule has 0 aromatic heterocycles. The van der Waals surface area contributed by atoms with Crippen LogP contribution in [0.5, 0.6) is 0 Å². The van der Waals surface area contributed by atoms with Crippen molar-refractivity contribution < 1.29 is 9.59 Å². The van der Waals surface area contributed by atoms with Gasteiger partial charge in [0.1, 0.15) is 5.88 Å². The number of hydrogen-bond donors (Lipinski definition) is 0. The lowest BCUT2D eigenvalue weighted by atomic mass is 10.0. The fourth-order valence-corrected chi connectivity index (χ4v) is 2.86. The van der Waals surface area contributed by atoms with E-state index in [1.807, 2.05) is 48.5 Å². The summed E-state index contributed by atoms with van der Waals surface area (Å²) in [5.74, 6) is -0.283. The molecule has 1 aliphatic heterocycles. The Kier molecular flexibility index (Phi) is 4.11. The van der Waals surface area contributed by atoms with Crippen LogP contribution in [0.2, 0.25) is 0 Å². The second-order valence-corrected chi connectivity index (χ2v) is 5.37. The number of rotatable bonds is 2. The maximum atomic E-state index is 12.3. The maximum Gasteiger partial charge on any atom is 0.242 e. The standard InChI is InChI=1S/C17H15ClN2O2/c18-9-17(22)20-11-14-6-2-1-5-13(14)10-19(12-21)15-7-3-4-8-16(15)20/h1-8,12H,9-11H2. The topological polar surface area (TPSA) is 40.6 Å². The molecule has 0 radical (unpaired) electrons. The minimum absolute atomic E-state index is 0.0996. The molecule has 1 heterocycles. The molecule has 0 saturated carbocycles. The van der Waals surface area contributed by atoms with E-state index >= 15 is 0 Å². The van der Waals surface area contributed by atoms with Crippen molar-refractivity contribution in [2.45, 2.75) is 13.1 Å². The van der Waals surface area contributed by atoms with Crippen LogP contribution >= 0.6 is 11.6 Å². The monoisotopic (exact) mass is 314 g/mol. The number of fused-ring (bicyclic) bond motifs is 2. The molecule has 22 heavy (non-hydrogen) atoms. The number of alkyl halides is 1. The highest BCUT2D eigenvalue weighted by molar-refractivity contribution is 6.29. The van der Waals surface area contributed by atoms with E-state index in [1.165, 1.54) is 0 Å². The Morgan fingerprint density at radius 2 is 1.59 bits per heavy atom. The predicted molar refractivity (Wildman–Crippen MR) is 87.0 cm³/mol. The van der Waals surface area contributed by atoms with Crippen molar-refractivity contribution in [3.8, 4) is 0 Å². The molecule has 112 valence electrons. The molecule has 0 atom stereocenters. The molecule has 2 amide bonds. The lowest BCUT2D eigenvalue weighted by Crippen LogP contribution is -2.36. The summed E-state index contributed by atoms with van der Waals surface area (Å²) in [5.41, 5.74) is 3.46. The number of hydrogen-bond acceptors (Lipinski definition) is 2. The number of halogens is 1. The molecule has 0 bridgehead atoms. The summed E-state index contributed by atoms with van der Waals surface area (Å²) in [6.07, 6.45) is 0.796. The van der Waals surface area contributed by atoms with E-state index < -0.39 is 0 Å². The summed E-state index contributed by atoms with van der Waals surface area (Å²) >= 11 is 5.77. The van der Waals surface area contributed by atoms with Crippen LogP contribution in [0.25, 0.3) is 0 Å². The van der Waals surface area contributed by atoms with Gasteiger partial charge in [-0.05, 0) is 23.3 Å². The molecule has 2 aromatic rings. The summed E-state index contributed by atoms with van der Waals surface area (Å²) in [5, 5.41) is 0. The van der Waals surface area contributed by atoms with Crippen LogP contribution in [0.4, 0.5) is 11.4 Å². The lowest BCUT2D eigenvalue weighted by Gasteiger charge is -2.32. The number of para-hydroxylation sites is 2. The van der Waals surface area contributed by atoms with Gasteiger partial charge in [-0.15, -0.1) is 11.6 Å². The summed E-state index contributed by atoms with van der Waals surface area (Å²) < 4.78 is 0. The quantitative estimate of drug-likeness (QED) is 0.631. The molecular weight excluding hydrogens is 300 g/mol. The molecule has 0 N–H and O–H groups in total. The van der Waals surface area contributed by atoms with Gasteiger partial charge in [0.15, 0.2) is 0 Å². The first-order valence-corrected chi connectivity index (χ1v) is 7.52. The van der Waals surface area contributed by atoms with Crippen molar-refractivity contribution in [3.63, 3.8) is 0 Å². The fourth-order valence-electron chi connectivity index (χ4n) is 2.71. The van der Waals surface area contributed by atoms with E-state index in [0.717, 1.165) is 17.5 Å². The van der Waals surface area contributed by atoms with E-state index in [4.69, 9.17) is 11.6 Å². The smallest absolute Gasteiger partial charge is 0.242 e. The van der Waals surface area contributed by atoms with Crippen LogP contribution in [0, 0.1) is 0 Å². The second-order valence-electron chi connectivity index (χ2n) is 5.10. The highest BCUT2D eigenvalue weighted by atomic mass is 35.5. The van der Waals surface area contributed by atoms with Crippen molar-refractivity contribution in [1.29, 1.82) is 0 Å². The first-order valence-electron chi connectivity index (χ1n) is 6.98. The number of nitrogens with zero attached hydrogens (tertiary/aromatic N) is 2. The molecule has 3 rings (SSSR count). The van der Waals surface area contributed by atoms with E-state index in [0.29, 0.717) is 24.5 Å². The Hall–Kier alpha value is -2.33. The van der Waals surface area contributed by atoms with Crippen molar-refractivity contribution >= 4 is 35.3 Å². The predicted octanol–water partition coefficient (Wildman–Crippen LogP) is 2.94. The molecule has 2 aromatic carbocycles. The molecule has 1 aliphatic rings. The maximum absolute atomic E-state index is 12.3. The van der Waals surface area contributed by atoms with Gasteiger partial charge in [0.05, 0.1) is 24.5 Å². The highest BCUT2D eigenvalue weighted by Gasteiger charge is 2.24. The van der Waals surface area contributed by atoms with Gasteiger partial charge in [0, 0.05) is 0 Å². The van der Waals surface area contributed by atoms with Crippen molar-refractivity contribution in [3.05, 3.63) is 59.7 Å². The number of carbonyl (C=O) groups excluding carboxylic acids is 2. The number of amides is 2. The second kappa shape index (κ2) is 6.20. The lowest BCUT2D eigenvalue weighted by molar-refractivity contribution is -0.116. The van der Waals surface area contributed by atoms with Crippen molar-refractivity contribution in [1.82, 2.24) is 0 Å². The molecular formula is C17H15ClN2O2. The highest BCUT2D eigenvalue weighted by Crippen LogP contribution is 2.34. The van der Waals surface area contributed by atoms with Gasteiger partial charge in [-0.2, -0.15) is 0 Å². The normalized spacial score (nSPS) is 13.7. The first-order chi connectivity index (χ1) is 10.7. The molecule has 5 heteroatoms. The van der Waals surface area contributed by atoms with E-state index in [-0.39, 0.29) is 11.8 Å². The molecule has 4 nitrogen and oxygen atoms in total. The van der Waals surface area contributed by atoms with Gasteiger partial charge in [-0.3, -0.25) is 9.59 Å². The molecule has 0 spiro atoms. The van der Waals surface area contributed by atoms with E-state index in [9.17, 15) is 9.59 Å². The fraction of sp³-hybridized carbons (Fsp3) is 0.176. The molecule has 0 aliphatic carbocycles. The van der Waals surface area contributed by atoms with Gasteiger partial charge < -0.3 is 9.80 Å². The van der Waals surface area contributed by atoms with Crippen LogP contribution in [-0.4, -0.2) is 18.2 Å². The van der Waals surface area contributed by atoms with Crippen LogP contribution in [0.3, 0.4) is 0 Å². The number of carbonyl (C=O) groups is 2. The Bertz CT molecular complexity index is 717. The Labute approximate surface area is 133 Å². The van der Waals surface area contributed by atoms with Crippen molar-refractivity contribution in [2.75, 3.05) is 15.7 Å². The summed E-state index contributed by atoms with van der Waals surface area (Å²) in [6, 6.07) is 15.2. The van der Waals surface area contributed by atoms with Crippen molar-refractivity contribution in [2.24, 2.45) is 0 Å². The number of anilines is 2. The van der Waals surface area contributed by atoms with Crippen LogP contribution in [-0.2, 0) is 22.7 Å². The number of benzene rings is 2. The van der Waals surface area contributed by atoms with Gasteiger partial charge >= 0.3 is 0 Å². The largest absolute Gasteiger partial charge is 0.309 e. The minimum atomic E-state index is -0.184. The zero-order valence-electron chi connectivity index (χ0n) is 11.9.